The van der Waals surface area contributed by atoms with Gasteiger partial charge in [-0.25, -0.2) is 23.2 Å². The van der Waals surface area contributed by atoms with Gasteiger partial charge in [-0.2, -0.15) is 4.37 Å². The topological polar surface area (TPSA) is 125 Å². The Morgan fingerprint density at radius 3 is 2.62 bits per heavy atom. The second kappa shape index (κ2) is 10.7. The molecule has 0 radical (unpaired) electrons. The predicted molar refractivity (Wildman–Crippen MR) is 134 cm³/mol. The van der Waals surface area contributed by atoms with E-state index < -0.39 is 15.8 Å². The molecule has 0 unspecified atom stereocenters. The lowest BCUT2D eigenvalue weighted by Crippen LogP contribution is -2.16. The number of sulfone groups is 1. The predicted octanol–water partition coefficient (Wildman–Crippen LogP) is 4.26. The van der Waals surface area contributed by atoms with Crippen LogP contribution in [-0.4, -0.2) is 42.3 Å². The van der Waals surface area contributed by atoms with Crippen LogP contribution in [0.3, 0.4) is 0 Å². The third kappa shape index (κ3) is 6.15. The van der Waals surface area contributed by atoms with Gasteiger partial charge in [0.05, 0.1) is 17.2 Å². The van der Waals surface area contributed by atoms with Crippen LogP contribution >= 0.6 is 11.5 Å². The van der Waals surface area contributed by atoms with Gasteiger partial charge in [-0.15, -0.1) is 0 Å². The normalized spacial score (nSPS) is 12.7. The Morgan fingerprint density at radius 1 is 1.21 bits per heavy atom. The number of hydrogen-bond donors (Lipinski definition) is 1. The molecule has 2 aromatic carbocycles. The maximum absolute atomic E-state index is 12.1. The van der Waals surface area contributed by atoms with E-state index in [0.29, 0.717) is 22.1 Å². The molecule has 1 aromatic heterocycles. The van der Waals surface area contributed by atoms with Crippen LogP contribution < -0.4 is 5.73 Å². The van der Waals surface area contributed by atoms with E-state index in [1.54, 1.807) is 19.1 Å². The first-order chi connectivity index (χ1) is 16.1. The quantitative estimate of drug-likeness (QED) is 0.279. The number of esters is 1. The summed E-state index contributed by atoms with van der Waals surface area (Å²) >= 11 is 1.07. The summed E-state index contributed by atoms with van der Waals surface area (Å²) in [6, 6.07) is 14.1. The van der Waals surface area contributed by atoms with Crippen LogP contribution in [0, 0.1) is 0 Å². The number of carbonyl (C=O) groups excluding carboxylic acids is 1. The van der Waals surface area contributed by atoms with Crippen molar-refractivity contribution >= 4 is 38.7 Å². The fourth-order valence-electron chi connectivity index (χ4n) is 3.08. The number of rotatable bonds is 8. The van der Waals surface area contributed by atoms with Gasteiger partial charge in [0.15, 0.2) is 20.7 Å². The van der Waals surface area contributed by atoms with E-state index >= 15 is 0 Å². The van der Waals surface area contributed by atoms with E-state index in [4.69, 9.17) is 15.5 Å². The monoisotopic (exact) mass is 498 g/mol. The lowest BCUT2D eigenvalue weighted by Gasteiger charge is -2.10. The average Bonchev–Trinajstić information content (AvgIpc) is 3.29. The molecule has 0 amide bonds. The number of nitrogens with two attached hydrogens (primary N) is 1. The molecule has 3 aromatic rings. The van der Waals surface area contributed by atoms with E-state index in [9.17, 15) is 13.2 Å². The highest BCUT2D eigenvalue weighted by Crippen LogP contribution is 2.28. The number of hydrogen-bond acceptors (Lipinski definition) is 9. The highest BCUT2D eigenvalue weighted by molar-refractivity contribution is 7.90. The van der Waals surface area contributed by atoms with Gasteiger partial charge < -0.3 is 10.5 Å². The minimum atomic E-state index is -3.38. The number of allylic oxidation sites excluding steroid dienone is 1. The molecule has 0 fully saturated rings. The summed E-state index contributed by atoms with van der Waals surface area (Å²) in [5, 5.41) is 0.422. The molecule has 0 spiro atoms. The van der Waals surface area contributed by atoms with Crippen molar-refractivity contribution in [3.8, 4) is 11.4 Å². The molecule has 3 rings (SSSR count). The molecule has 0 aliphatic heterocycles. The first-order valence-electron chi connectivity index (χ1n) is 10.6. The smallest absolute Gasteiger partial charge is 0.354 e. The summed E-state index contributed by atoms with van der Waals surface area (Å²) in [5.41, 5.74) is 8.50. The Kier molecular flexibility index (Phi) is 7.95. The van der Waals surface area contributed by atoms with E-state index in [2.05, 4.69) is 23.2 Å². The van der Waals surface area contributed by atoms with Crippen molar-refractivity contribution in [3.63, 3.8) is 0 Å². The van der Waals surface area contributed by atoms with Gasteiger partial charge in [0, 0.05) is 11.8 Å². The maximum Gasteiger partial charge on any atom is 0.354 e. The number of aliphatic imine (C=N–C) groups is 1. The Morgan fingerprint density at radius 2 is 1.94 bits per heavy atom. The van der Waals surface area contributed by atoms with Crippen molar-refractivity contribution in [1.29, 1.82) is 0 Å². The molecule has 0 bridgehead atoms. The summed E-state index contributed by atoms with van der Waals surface area (Å²) < 4.78 is 33.3. The van der Waals surface area contributed by atoms with Gasteiger partial charge in [0.25, 0.3) is 0 Å². The first-order valence-corrected chi connectivity index (χ1v) is 13.2. The van der Waals surface area contributed by atoms with Crippen molar-refractivity contribution in [2.24, 2.45) is 10.7 Å². The summed E-state index contributed by atoms with van der Waals surface area (Å²) in [5.74, 6) is -0.0901. The SMILES string of the molecule is CCOC(=O)/C(N)=C/C(=Nc1ccccc1C(C)C)c1nc(-c2cccc(S(C)(=O)=O)c2)ns1. The van der Waals surface area contributed by atoms with Crippen molar-refractivity contribution in [3.05, 3.63) is 70.9 Å². The summed E-state index contributed by atoms with van der Waals surface area (Å²) in [7, 11) is -3.38. The second-order valence-corrected chi connectivity index (χ2v) is 10.5. The third-order valence-corrected chi connectivity index (χ3v) is 6.62. The van der Waals surface area contributed by atoms with E-state index in [1.807, 2.05) is 24.3 Å². The van der Waals surface area contributed by atoms with Gasteiger partial charge in [-0.3, -0.25) is 0 Å². The fraction of sp³-hybridized carbons (Fsp3) is 0.250. The Balaban J connectivity index is 2.11. The Labute approximate surface area is 203 Å². The Hall–Kier alpha value is -3.37. The third-order valence-electron chi connectivity index (χ3n) is 4.77. The van der Waals surface area contributed by atoms with E-state index in [-0.39, 0.29) is 23.1 Å². The lowest BCUT2D eigenvalue weighted by molar-refractivity contribution is -0.138. The summed E-state index contributed by atoms with van der Waals surface area (Å²) in [6.45, 7) is 6.01. The van der Waals surface area contributed by atoms with Crippen LogP contribution in [0.4, 0.5) is 5.69 Å². The molecule has 0 aliphatic carbocycles. The number of para-hydroxylation sites is 1. The van der Waals surface area contributed by atoms with Crippen LogP contribution in [-0.2, 0) is 19.4 Å². The fourth-order valence-corrected chi connectivity index (χ4v) is 4.39. The molecule has 0 saturated carbocycles. The molecule has 10 heteroatoms. The lowest BCUT2D eigenvalue weighted by atomic mass is 10.0. The highest BCUT2D eigenvalue weighted by Gasteiger charge is 2.17. The first kappa shape index (κ1) is 25.3. The van der Waals surface area contributed by atoms with Gasteiger partial charge in [-0.05, 0) is 54.2 Å². The van der Waals surface area contributed by atoms with E-state index in [0.717, 1.165) is 29.0 Å². The Bertz CT molecular complexity index is 1360. The number of nitrogens with zero attached hydrogens (tertiary/aromatic N) is 3. The zero-order valence-corrected chi connectivity index (χ0v) is 21.0. The number of aromatic nitrogens is 2. The second-order valence-electron chi connectivity index (χ2n) is 7.75. The molecule has 0 saturated heterocycles. The molecule has 1 heterocycles. The van der Waals surface area contributed by atoms with E-state index in [1.165, 1.54) is 18.2 Å². The van der Waals surface area contributed by atoms with Gasteiger partial charge >= 0.3 is 5.97 Å². The van der Waals surface area contributed by atoms with Gasteiger partial charge in [0.2, 0.25) is 0 Å². The largest absolute Gasteiger partial charge is 0.461 e. The maximum atomic E-state index is 12.1. The zero-order valence-electron chi connectivity index (χ0n) is 19.3. The molecule has 34 heavy (non-hydrogen) atoms. The molecule has 8 nitrogen and oxygen atoms in total. The molecule has 178 valence electrons. The van der Waals surface area contributed by atoms with Crippen LogP contribution in [0.5, 0.6) is 0 Å². The van der Waals surface area contributed by atoms with Crippen molar-refractivity contribution in [2.45, 2.75) is 31.6 Å². The van der Waals surface area contributed by atoms with Crippen LogP contribution in [0.25, 0.3) is 11.4 Å². The highest BCUT2D eigenvalue weighted by atomic mass is 32.2. The van der Waals surface area contributed by atoms with Crippen molar-refractivity contribution in [1.82, 2.24) is 9.36 Å². The molecule has 0 aliphatic rings. The molecule has 0 atom stereocenters. The molecule has 2 N–H and O–H groups in total. The minimum absolute atomic E-state index is 0.113. The van der Waals surface area contributed by atoms with Gasteiger partial charge in [-0.1, -0.05) is 44.2 Å². The van der Waals surface area contributed by atoms with Crippen molar-refractivity contribution < 1.29 is 17.9 Å². The minimum Gasteiger partial charge on any atom is -0.461 e. The summed E-state index contributed by atoms with van der Waals surface area (Å²) in [6.07, 6.45) is 2.57. The summed E-state index contributed by atoms with van der Waals surface area (Å²) in [4.78, 5) is 21.6. The van der Waals surface area contributed by atoms with Crippen molar-refractivity contribution in [2.75, 3.05) is 12.9 Å². The van der Waals surface area contributed by atoms with Crippen LogP contribution in [0.15, 0.2) is 70.2 Å². The average molecular weight is 499 g/mol. The van der Waals surface area contributed by atoms with Crippen LogP contribution in [0.2, 0.25) is 0 Å². The number of ether oxygens (including phenoxy) is 1. The number of benzene rings is 2. The van der Waals surface area contributed by atoms with Crippen LogP contribution in [0.1, 0.15) is 37.3 Å². The number of carbonyl (C=O) groups is 1. The standard InChI is InChI=1S/C24H26N4O4S2/c1-5-32-24(29)19(25)14-21(26-20-12-7-6-11-18(20)15(2)3)23-27-22(28-33-23)16-9-8-10-17(13-16)34(4,30)31/h6-15H,5,25H2,1-4H3/b19-14-,26-21?. The van der Waals surface area contributed by atoms with Gasteiger partial charge in [0.1, 0.15) is 11.4 Å². The molecular formula is C24H26N4O4S2. The molecular weight excluding hydrogens is 472 g/mol. The zero-order chi connectivity index (χ0) is 24.9.